The lowest BCUT2D eigenvalue weighted by Crippen LogP contribution is -2.49. The SMILES string of the molecule is COC[C@H]1N[C@@H](c2ccccc2Br)CC(=O)[C@@H]1C. The fraction of sp³-hybridized carbons (Fsp3) is 0.500. The van der Waals surface area contributed by atoms with E-state index >= 15 is 0 Å². The summed E-state index contributed by atoms with van der Waals surface area (Å²) in [6, 6.07) is 8.20. The number of halogens is 1. The van der Waals surface area contributed by atoms with Crippen LogP contribution in [-0.2, 0) is 9.53 Å². The van der Waals surface area contributed by atoms with Crippen molar-refractivity contribution in [2.24, 2.45) is 5.92 Å². The van der Waals surface area contributed by atoms with Crippen molar-refractivity contribution in [3.05, 3.63) is 34.3 Å². The normalized spacial score (nSPS) is 28.4. The minimum atomic E-state index is 0.0173. The summed E-state index contributed by atoms with van der Waals surface area (Å²) < 4.78 is 6.23. The lowest BCUT2D eigenvalue weighted by Gasteiger charge is -2.35. The van der Waals surface area contributed by atoms with E-state index in [0.29, 0.717) is 18.8 Å². The van der Waals surface area contributed by atoms with E-state index in [4.69, 9.17) is 4.74 Å². The van der Waals surface area contributed by atoms with E-state index in [0.717, 1.165) is 10.0 Å². The van der Waals surface area contributed by atoms with Crippen molar-refractivity contribution in [2.75, 3.05) is 13.7 Å². The van der Waals surface area contributed by atoms with Crippen LogP contribution in [0.1, 0.15) is 24.9 Å². The summed E-state index contributed by atoms with van der Waals surface area (Å²) >= 11 is 3.54. The van der Waals surface area contributed by atoms with E-state index in [1.165, 1.54) is 0 Å². The molecule has 0 aliphatic carbocycles. The number of hydrogen-bond donors (Lipinski definition) is 1. The van der Waals surface area contributed by atoms with Crippen LogP contribution in [0.15, 0.2) is 28.7 Å². The number of methoxy groups -OCH3 is 1. The van der Waals surface area contributed by atoms with E-state index in [-0.39, 0.29) is 18.0 Å². The topological polar surface area (TPSA) is 38.3 Å². The van der Waals surface area contributed by atoms with Gasteiger partial charge < -0.3 is 10.1 Å². The summed E-state index contributed by atoms with van der Waals surface area (Å²) in [5.41, 5.74) is 1.14. The number of rotatable bonds is 3. The maximum Gasteiger partial charge on any atom is 0.139 e. The van der Waals surface area contributed by atoms with Crippen LogP contribution in [0.5, 0.6) is 0 Å². The van der Waals surface area contributed by atoms with Gasteiger partial charge in [-0.1, -0.05) is 41.1 Å². The molecule has 1 fully saturated rings. The van der Waals surface area contributed by atoms with Gasteiger partial charge in [0.15, 0.2) is 0 Å². The molecule has 0 unspecified atom stereocenters. The van der Waals surface area contributed by atoms with Gasteiger partial charge in [-0.15, -0.1) is 0 Å². The fourth-order valence-corrected chi connectivity index (χ4v) is 2.96. The molecule has 1 N–H and O–H groups in total. The molecule has 18 heavy (non-hydrogen) atoms. The molecular weight excluding hydrogens is 294 g/mol. The summed E-state index contributed by atoms with van der Waals surface area (Å²) in [6.45, 7) is 2.53. The second-order valence-corrected chi connectivity index (χ2v) is 5.62. The molecule has 0 radical (unpaired) electrons. The Morgan fingerprint density at radius 3 is 2.83 bits per heavy atom. The van der Waals surface area contributed by atoms with Crippen molar-refractivity contribution < 1.29 is 9.53 Å². The van der Waals surface area contributed by atoms with Crippen molar-refractivity contribution in [3.8, 4) is 0 Å². The summed E-state index contributed by atoms with van der Waals surface area (Å²) in [5, 5.41) is 3.52. The molecule has 0 saturated carbocycles. The molecule has 4 heteroatoms. The molecule has 1 heterocycles. The number of carbonyl (C=O) groups is 1. The zero-order chi connectivity index (χ0) is 13.1. The molecule has 0 amide bonds. The predicted molar refractivity (Wildman–Crippen MR) is 74.5 cm³/mol. The second-order valence-electron chi connectivity index (χ2n) is 4.76. The third-order valence-corrected chi connectivity index (χ3v) is 4.28. The zero-order valence-corrected chi connectivity index (χ0v) is 12.2. The van der Waals surface area contributed by atoms with Gasteiger partial charge in [-0.25, -0.2) is 0 Å². The van der Waals surface area contributed by atoms with Crippen LogP contribution in [0.2, 0.25) is 0 Å². The number of hydrogen-bond acceptors (Lipinski definition) is 3. The number of ketones is 1. The Kier molecular flexibility index (Phi) is 4.54. The molecule has 1 aliphatic rings. The van der Waals surface area contributed by atoms with Crippen molar-refractivity contribution in [1.82, 2.24) is 5.32 Å². The molecule has 0 spiro atoms. The highest BCUT2D eigenvalue weighted by molar-refractivity contribution is 9.10. The van der Waals surface area contributed by atoms with Crippen LogP contribution in [0.25, 0.3) is 0 Å². The van der Waals surface area contributed by atoms with Crippen LogP contribution in [-0.4, -0.2) is 25.5 Å². The van der Waals surface area contributed by atoms with Gasteiger partial charge >= 0.3 is 0 Å². The maximum atomic E-state index is 12.1. The van der Waals surface area contributed by atoms with Crippen LogP contribution in [0.3, 0.4) is 0 Å². The quantitative estimate of drug-likeness (QED) is 0.932. The van der Waals surface area contributed by atoms with E-state index in [2.05, 4.69) is 27.3 Å². The van der Waals surface area contributed by atoms with E-state index in [1.807, 2.05) is 25.1 Å². The number of carbonyl (C=O) groups excluding carboxylic acids is 1. The second kappa shape index (κ2) is 5.95. The van der Waals surface area contributed by atoms with Crippen molar-refractivity contribution in [1.29, 1.82) is 0 Å². The number of piperidine rings is 1. The van der Waals surface area contributed by atoms with Gasteiger partial charge in [-0.05, 0) is 11.6 Å². The first kappa shape index (κ1) is 13.7. The van der Waals surface area contributed by atoms with Crippen LogP contribution in [0, 0.1) is 5.92 Å². The first-order chi connectivity index (χ1) is 8.63. The molecule has 3 atom stereocenters. The lowest BCUT2D eigenvalue weighted by atomic mass is 9.85. The van der Waals surface area contributed by atoms with Gasteiger partial charge in [0.2, 0.25) is 0 Å². The first-order valence-electron chi connectivity index (χ1n) is 6.15. The highest BCUT2D eigenvalue weighted by Gasteiger charge is 2.34. The number of ether oxygens (including phenoxy) is 1. The van der Waals surface area contributed by atoms with Gasteiger partial charge in [0.25, 0.3) is 0 Å². The van der Waals surface area contributed by atoms with E-state index < -0.39 is 0 Å². The average molecular weight is 312 g/mol. The Morgan fingerprint density at radius 2 is 2.17 bits per heavy atom. The summed E-state index contributed by atoms with van der Waals surface area (Å²) in [6.07, 6.45) is 0.546. The van der Waals surface area contributed by atoms with Crippen molar-refractivity contribution >= 4 is 21.7 Å². The third kappa shape index (κ3) is 2.82. The van der Waals surface area contributed by atoms with Gasteiger partial charge in [-0.3, -0.25) is 4.79 Å². The zero-order valence-electron chi connectivity index (χ0n) is 10.7. The Labute approximate surface area is 116 Å². The van der Waals surface area contributed by atoms with Crippen LogP contribution in [0.4, 0.5) is 0 Å². The fourth-order valence-electron chi connectivity index (χ4n) is 2.40. The van der Waals surface area contributed by atoms with Crippen molar-refractivity contribution in [3.63, 3.8) is 0 Å². The monoisotopic (exact) mass is 311 g/mol. The Bertz CT molecular complexity index is 436. The molecule has 1 aromatic carbocycles. The third-order valence-electron chi connectivity index (χ3n) is 3.56. The number of benzene rings is 1. The molecule has 3 nitrogen and oxygen atoms in total. The average Bonchev–Trinajstić information content (AvgIpc) is 2.35. The molecule has 0 bridgehead atoms. The first-order valence-corrected chi connectivity index (χ1v) is 6.95. The largest absolute Gasteiger partial charge is 0.383 e. The van der Waals surface area contributed by atoms with E-state index in [1.54, 1.807) is 7.11 Å². The molecular formula is C14H18BrNO2. The Hall–Kier alpha value is -0.710. The molecule has 1 aliphatic heterocycles. The van der Waals surface area contributed by atoms with Crippen LogP contribution >= 0.6 is 15.9 Å². The minimum Gasteiger partial charge on any atom is -0.383 e. The summed E-state index contributed by atoms with van der Waals surface area (Å²) in [5.74, 6) is 0.320. The highest BCUT2D eigenvalue weighted by atomic mass is 79.9. The smallest absolute Gasteiger partial charge is 0.139 e. The number of Topliss-reactive ketones (excluding diaryl/α,β-unsaturated/α-hetero) is 1. The highest BCUT2D eigenvalue weighted by Crippen LogP contribution is 2.31. The predicted octanol–water partition coefficient (Wildman–Crippen LogP) is 2.70. The summed E-state index contributed by atoms with van der Waals surface area (Å²) in [4.78, 5) is 12.1. The molecule has 98 valence electrons. The van der Waals surface area contributed by atoms with Crippen molar-refractivity contribution in [2.45, 2.75) is 25.4 Å². The minimum absolute atomic E-state index is 0.0173. The van der Waals surface area contributed by atoms with Gasteiger partial charge in [0, 0.05) is 36.0 Å². The molecule has 2 rings (SSSR count). The molecule has 0 aromatic heterocycles. The van der Waals surface area contributed by atoms with Gasteiger partial charge in [0.1, 0.15) is 5.78 Å². The van der Waals surface area contributed by atoms with Gasteiger partial charge in [0.05, 0.1) is 6.61 Å². The molecule has 1 aromatic rings. The lowest BCUT2D eigenvalue weighted by molar-refractivity contribution is -0.126. The maximum absolute atomic E-state index is 12.1. The Morgan fingerprint density at radius 1 is 1.44 bits per heavy atom. The van der Waals surface area contributed by atoms with E-state index in [9.17, 15) is 4.79 Å². The number of nitrogens with one attached hydrogen (secondary N) is 1. The standard InChI is InChI=1S/C14H18BrNO2/c1-9-13(8-18-2)16-12(7-14(9)17)10-5-3-4-6-11(10)15/h3-6,9,12-13,16H,7-8H2,1-2H3/t9-,12-,13-/m1/s1. The van der Waals surface area contributed by atoms with Crippen LogP contribution < -0.4 is 5.32 Å². The Balaban J connectivity index is 2.20. The van der Waals surface area contributed by atoms with Gasteiger partial charge in [-0.2, -0.15) is 0 Å². The summed E-state index contributed by atoms with van der Waals surface area (Å²) in [7, 11) is 1.67. The molecule has 1 saturated heterocycles.